The minimum atomic E-state index is -3.21. The van der Waals surface area contributed by atoms with Crippen molar-refractivity contribution < 1.29 is 8.78 Å². The van der Waals surface area contributed by atoms with E-state index in [1.807, 2.05) is 30.3 Å². The van der Waals surface area contributed by atoms with E-state index in [9.17, 15) is 8.78 Å². The third-order valence-electron chi connectivity index (χ3n) is 6.13. The van der Waals surface area contributed by atoms with Crippen molar-refractivity contribution in [1.82, 2.24) is 4.98 Å². The van der Waals surface area contributed by atoms with Gasteiger partial charge in [0.1, 0.15) is 0 Å². The number of rotatable bonds is 5. The molecule has 33 heavy (non-hydrogen) atoms. The van der Waals surface area contributed by atoms with Crippen LogP contribution in [0.15, 0.2) is 115 Å². The summed E-state index contributed by atoms with van der Waals surface area (Å²) >= 11 is 4.40. The molecule has 4 aromatic carbocycles. The normalized spacial score (nSPS) is 12.9. The quantitative estimate of drug-likeness (QED) is 0.231. The van der Waals surface area contributed by atoms with Gasteiger partial charge in [0.2, 0.25) is 0 Å². The van der Waals surface area contributed by atoms with Crippen LogP contribution in [-0.4, -0.2) is 4.98 Å². The van der Waals surface area contributed by atoms with E-state index in [1.165, 1.54) is 28.0 Å². The molecule has 0 aliphatic heterocycles. The Balaban J connectivity index is 1.81. The van der Waals surface area contributed by atoms with Gasteiger partial charge in [0.25, 0.3) is 0 Å². The van der Waals surface area contributed by atoms with E-state index in [0.29, 0.717) is 17.1 Å². The molecule has 0 N–H and O–H groups in total. The van der Waals surface area contributed by atoms with E-state index in [2.05, 4.69) is 88.3 Å². The second-order valence-electron chi connectivity index (χ2n) is 8.11. The summed E-state index contributed by atoms with van der Waals surface area (Å²) in [5.74, 6) is -1.76. The Labute approximate surface area is 199 Å². The van der Waals surface area contributed by atoms with Gasteiger partial charge >= 0.3 is 200 Å². The number of hydrogen-bond acceptors (Lipinski definition) is 1. The fourth-order valence-corrected chi connectivity index (χ4v) is 12.0. The van der Waals surface area contributed by atoms with E-state index >= 15 is 0 Å². The molecule has 0 aliphatic rings. The fourth-order valence-electron chi connectivity index (χ4n) is 4.49. The van der Waals surface area contributed by atoms with Crippen molar-refractivity contribution in [2.75, 3.05) is 0 Å². The van der Waals surface area contributed by atoms with Crippen molar-refractivity contribution >= 4 is 47.6 Å². The average Bonchev–Trinajstić information content (AvgIpc) is 2.87. The topological polar surface area (TPSA) is 12.9 Å². The van der Waals surface area contributed by atoms with Crippen molar-refractivity contribution in [3.05, 3.63) is 133 Å². The molecule has 0 saturated heterocycles. The summed E-state index contributed by atoms with van der Waals surface area (Å²) in [5, 5.41) is 0.884. The zero-order valence-electron chi connectivity index (χ0n) is 17.7. The van der Waals surface area contributed by atoms with Crippen LogP contribution >= 0.6 is 20.8 Å². The third-order valence-corrected chi connectivity index (χ3v) is 15.6. The first-order valence-corrected chi connectivity index (χ1v) is 15.1. The van der Waals surface area contributed by atoms with E-state index in [0.717, 1.165) is 5.69 Å². The summed E-state index contributed by atoms with van der Waals surface area (Å²) in [4.78, 5) is 4.78. The van der Waals surface area contributed by atoms with Gasteiger partial charge < -0.3 is 0 Å². The molecule has 0 fully saturated rings. The van der Waals surface area contributed by atoms with Crippen molar-refractivity contribution in [2.45, 2.75) is 6.16 Å². The molecule has 0 radical (unpaired) electrons. The number of benzene rings is 4. The SMILES string of the molecule is Fc1cc2ccc(CP(Br)(c3ccccc3)(c3ccccc3)c3ccccc3)nc2cc1F. The number of pyridine rings is 1. The molecule has 0 unspecified atom stereocenters. The maximum absolute atomic E-state index is 14.0. The molecule has 0 amide bonds. The second kappa shape index (κ2) is 8.44. The predicted molar refractivity (Wildman–Crippen MR) is 139 cm³/mol. The predicted octanol–water partition coefficient (Wildman–Crippen LogP) is 6.85. The van der Waals surface area contributed by atoms with Crippen LogP contribution in [0.2, 0.25) is 0 Å². The number of halogens is 3. The van der Waals surface area contributed by atoms with Gasteiger partial charge in [-0.2, -0.15) is 0 Å². The Bertz CT molecular complexity index is 1330. The van der Waals surface area contributed by atoms with Crippen LogP contribution in [0, 0.1) is 11.6 Å². The van der Waals surface area contributed by atoms with Gasteiger partial charge in [-0.15, -0.1) is 0 Å². The molecule has 5 rings (SSSR count). The summed E-state index contributed by atoms with van der Waals surface area (Å²) in [5.41, 5.74) is 1.25. The first kappa shape index (κ1) is 21.9. The van der Waals surface area contributed by atoms with Gasteiger partial charge in [-0.05, 0) is 0 Å². The summed E-state index contributed by atoms with van der Waals surface area (Å²) in [6.45, 7) is 0. The number of aromatic nitrogens is 1. The van der Waals surface area contributed by atoms with Crippen LogP contribution in [0.25, 0.3) is 10.9 Å². The molecule has 1 nitrogen and oxygen atoms in total. The molecule has 5 heteroatoms. The molecular weight excluding hydrogens is 499 g/mol. The summed E-state index contributed by atoms with van der Waals surface area (Å²) in [6.07, 6.45) is 0.582. The van der Waals surface area contributed by atoms with Crippen LogP contribution in [0.4, 0.5) is 8.78 Å². The Kier molecular flexibility index (Phi) is 5.60. The molecule has 1 heterocycles. The van der Waals surface area contributed by atoms with Gasteiger partial charge in [-0.25, -0.2) is 0 Å². The fraction of sp³-hybridized carbons (Fsp3) is 0.0357. The molecule has 0 atom stereocenters. The minimum absolute atomic E-state index is 0.443. The molecule has 0 bridgehead atoms. The zero-order chi connectivity index (χ0) is 22.9. The Morgan fingerprint density at radius 1 is 0.606 bits per heavy atom. The van der Waals surface area contributed by atoms with Gasteiger partial charge in [0.05, 0.1) is 0 Å². The molecule has 164 valence electrons. The number of hydrogen-bond donors (Lipinski definition) is 0. The molecule has 0 spiro atoms. The van der Waals surface area contributed by atoms with Crippen molar-refractivity contribution in [2.24, 2.45) is 0 Å². The first-order chi connectivity index (χ1) is 16.0. The van der Waals surface area contributed by atoms with Crippen molar-refractivity contribution in [3.8, 4) is 0 Å². The van der Waals surface area contributed by atoms with Gasteiger partial charge in [0, 0.05) is 0 Å². The molecule has 0 aliphatic carbocycles. The standard InChI is InChI=1S/C28H21BrF2NP/c29-33(23-10-4-1-5-11-23,24-12-6-2-7-13-24,25-14-8-3-9-15-25)20-22-17-16-21-18-26(30)27(31)19-28(21)32-22/h1-19H,20H2. The van der Waals surface area contributed by atoms with Gasteiger partial charge in [0.15, 0.2) is 0 Å². The Morgan fingerprint density at radius 3 is 1.55 bits per heavy atom. The Morgan fingerprint density at radius 2 is 1.06 bits per heavy atom. The van der Waals surface area contributed by atoms with E-state index in [-0.39, 0.29) is 0 Å². The summed E-state index contributed by atoms with van der Waals surface area (Å²) < 4.78 is 27.7. The van der Waals surface area contributed by atoms with Crippen LogP contribution in [-0.2, 0) is 6.16 Å². The van der Waals surface area contributed by atoms with Crippen molar-refractivity contribution in [1.29, 1.82) is 0 Å². The van der Waals surface area contributed by atoms with Crippen LogP contribution < -0.4 is 15.9 Å². The first-order valence-electron chi connectivity index (χ1n) is 10.6. The summed E-state index contributed by atoms with van der Waals surface area (Å²) in [7, 11) is 0. The number of fused-ring (bicyclic) bond motifs is 1. The molecule has 5 aromatic rings. The molecule has 1 aromatic heterocycles. The van der Waals surface area contributed by atoms with Crippen LogP contribution in [0.5, 0.6) is 0 Å². The molecular formula is C28H21BrF2NP. The average molecular weight is 520 g/mol. The maximum atomic E-state index is 14.0. The Hall–Kier alpha value is -2.94. The second-order valence-corrected chi connectivity index (χ2v) is 17.0. The van der Waals surface area contributed by atoms with E-state index < -0.39 is 16.9 Å². The van der Waals surface area contributed by atoms with Crippen LogP contribution in [0.1, 0.15) is 5.69 Å². The molecule has 0 saturated carbocycles. The zero-order valence-corrected chi connectivity index (χ0v) is 20.2. The monoisotopic (exact) mass is 519 g/mol. The van der Waals surface area contributed by atoms with Crippen molar-refractivity contribution in [3.63, 3.8) is 0 Å². The van der Waals surface area contributed by atoms with E-state index in [1.54, 1.807) is 0 Å². The number of nitrogens with zero attached hydrogens (tertiary/aromatic N) is 1. The van der Waals surface area contributed by atoms with Crippen LogP contribution in [0.3, 0.4) is 0 Å². The van der Waals surface area contributed by atoms with E-state index in [4.69, 9.17) is 4.98 Å². The third kappa shape index (κ3) is 3.68. The van der Waals surface area contributed by atoms with Gasteiger partial charge in [-0.3, -0.25) is 0 Å². The van der Waals surface area contributed by atoms with Gasteiger partial charge in [-0.1, -0.05) is 0 Å². The summed E-state index contributed by atoms with van der Waals surface area (Å²) in [6, 6.07) is 37.4.